The molecule has 19 heavy (non-hydrogen) atoms. The van der Waals surface area contributed by atoms with Crippen LogP contribution < -0.4 is 5.32 Å². The summed E-state index contributed by atoms with van der Waals surface area (Å²) in [5, 5.41) is 10.3. The van der Waals surface area contributed by atoms with Gasteiger partial charge in [0.1, 0.15) is 5.69 Å². The monoisotopic (exact) mass is 298 g/mol. The van der Waals surface area contributed by atoms with Crippen LogP contribution in [0.1, 0.15) is 39.8 Å². The Morgan fingerprint density at radius 1 is 1.53 bits per heavy atom. The van der Waals surface area contributed by atoms with Crippen molar-refractivity contribution >= 4 is 28.8 Å². The van der Waals surface area contributed by atoms with E-state index < -0.39 is 0 Å². The molecule has 0 bridgehead atoms. The summed E-state index contributed by atoms with van der Waals surface area (Å²) in [7, 11) is 1.70. The van der Waals surface area contributed by atoms with E-state index in [1.807, 2.05) is 19.2 Å². The maximum atomic E-state index is 12.2. The third kappa shape index (κ3) is 2.79. The maximum Gasteiger partial charge on any atom is 0.271 e. The Morgan fingerprint density at radius 2 is 2.21 bits per heavy atom. The van der Waals surface area contributed by atoms with E-state index in [0.717, 1.165) is 10.7 Å². The van der Waals surface area contributed by atoms with Crippen molar-refractivity contribution in [3.05, 3.63) is 32.5 Å². The summed E-state index contributed by atoms with van der Waals surface area (Å²) >= 11 is 7.64. The number of aromatic nitrogens is 3. The molecule has 7 heteroatoms. The summed E-state index contributed by atoms with van der Waals surface area (Å²) in [6, 6.07) is -0.163. The van der Waals surface area contributed by atoms with Crippen LogP contribution in [-0.2, 0) is 7.05 Å². The minimum absolute atomic E-state index is 0.163. The Morgan fingerprint density at radius 3 is 2.68 bits per heavy atom. The van der Waals surface area contributed by atoms with Crippen LogP contribution in [-0.4, -0.2) is 20.7 Å². The molecular weight excluding hydrogens is 284 g/mol. The van der Waals surface area contributed by atoms with Gasteiger partial charge in [-0.15, -0.1) is 11.3 Å². The van der Waals surface area contributed by atoms with Gasteiger partial charge < -0.3 is 5.32 Å². The van der Waals surface area contributed by atoms with Gasteiger partial charge in [0, 0.05) is 12.4 Å². The molecule has 2 aromatic heterocycles. The summed E-state index contributed by atoms with van der Waals surface area (Å²) in [4.78, 5) is 16.6. The second kappa shape index (κ2) is 5.30. The standard InChI is InChI=1S/C12H15ClN4OS/c1-6(9-5-19-8(3)15-9)14-12(18)11-10(13)7(2)16-17(11)4/h5-6H,1-4H3,(H,14,18)/t6-/m0/s1. The van der Waals surface area contributed by atoms with Crippen molar-refractivity contribution in [1.29, 1.82) is 0 Å². The molecule has 1 atom stereocenters. The van der Waals surface area contributed by atoms with Gasteiger partial charge in [0.15, 0.2) is 0 Å². The molecule has 2 rings (SSSR count). The Kier molecular flexibility index (Phi) is 3.91. The lowest BCUT2D eigenvalue weighted by Gasteiger charge is -2.11. The van der Waals surface area contributed by atoms with Gasteiger partial charge in [0.2, 0.25) is 0 Å². The molecule has 2 heterocycles. The molecule has 5 nitrogen and oxygen atoms in total. The number of carbonyl (C=O) groups excluding carboxylic acids is 1. The molecule has 0 fully saturated rings. The average Bonchev–Trinajstić information content (AvgIpc) is 2.84. The zero-order chi connectivity index (χ0) is 14.2. The lowest BCUT2D eigenvalue weighted by molar-refractivity contribution is 0.0930. The number of halogens is 1. The van der Waals surface area contributed by atoms with E-state index in [1.54, 1.807) is 25.3 Å². The highest BCUT2D eigenvalue weighted by molar-refractivity contribution is 7.09. The fraction of sp³-hybridized carbons (Fsp3) is 0.417. The molecule has 0 aliphatic carbocycles. The molecule has 0 aliphatic heterocycles. The summed E-state index contributed by atoms with van der Waals surface area (Å²) in [6.07, 6.45) is 0. The highest BCUT2D eigenvalue weighted by Gasteiger charge is 2.21. The van der Waals surface area contributed by atoms with Gasteiger partial charge in [-0.25, -0.2) is 4.98 Å². The SMILES string of the molecule is Cc1nc([C@H](C)NC(=O)c2c(Cl)c(C)nn2C)cs1. The number of nitrogens with one attached hydrogen (secondary N) is 1. The number of hydrogen-bond acceptors (Lipinski definition) is 4. The van der Waals surface area contributed by atoms with Crippen LogP contribution in [0.5, 0.6) is 0 Å². The molecule has 2 aromatic rings. The lowest BCUT2D eigenvalue weighted by Crippen LogP contribution is -2.28. The lowest BCUT2D eigenvalue weighted by atomic mass is 10.2. The van der Waals surface area contributed by atoms with Gasteiger partial charge in [-0.2, -0.15) is 5.10 Å². The van der Waals surface area contributed by atoms with E-state index in [2.05, 4.69) is 15.4 Å². The van der Waals surface area contributed by atoms with E-state index in [1.165, 1.54) is 4.68 Å². The normalized spacial score (nSPS) is 12.5. The van der Waals surface area contributed by atoms with Crippen molar-refractivity contribution in [2.75, 3.05) is 0 Å². The number of hydrogen-bond donors (Lipinski definition) is 1. The van der Waals surface area contributed by atoms with Crippen LogP contribution in [0.25, 0.3) is 0 Å². The van der Waals surface area contributed by atoms with Crippen LogP contribution in [0.3, 0.4) is 0 Å². The predicted molar refractivity (Wildman–Crippen MR) is 75.7 cm³/mol. The predicted octanol–water partition coefficient (Wildman–Crippen LogP) is 2.64. The molecule has 1 N–H and O–H groups in total. The van der Waals surface area contributed by atoms with Gasteiger partial charge in [0.25, 0.3) is 5.91 Å². The van der Waals surface area contributed by atoms with Gasteiger partial charge in [-0.1, -0.05) is 11.6 Å². The van der Waals surface area contributed by atoms with Crippen molar-refractivity contribution in [2.24, 2.45) is 7.05 Å². The van der Waals surface area contributed by atoms with Crippen LogP contribution in [0.4, 0.5) is 0 Å². The number of nitrogens with zero attached hydrogens (tertiary/aromatic N) is 3. The first kappa shape index (κ1) is 14.0. The maximum absolute atomic E-state index is 12.2. The third-order valence-corrected chi connectivity index (χ3v) is 4.04. The van der Waals surface area contributed by atoms with Gasteiger partial charge >= 0.3 is 0 Å². The Labute approximate surface area is 120 Å². The minimum atomic E-state index is -0.244. The molecule has 1 amide bonds. The van der Waals surface area contributed by atoms with Crippen LogP contribution in [0, 0.1) is 13.8 Å². The molecule has 0 saturated heterocycles. The average molecular weight is 299 g/mol. The second-order valence-corrected chi connectivity index (χ2v) is 5.80. The fourth-order valence-electron chi connectivity index (χ4n) is 1.80. The van der Waals surface area contributed by atoms with E-state index in [0.29, 0.717) is 16.4 Å². The molecule has 0 aromatic carbocycles. The highest BCUT2D eigenvalue weighted by atomic mass is 35.5. The molecule has 0 spiro atoms. The Balaban J connectivity index is 2.17. The van der Waals surface area contributed by atoms with Gasteiger partial charge in [-0.3, -0.25) is 9.48 Å². The molecule has 0 unspecified atom stereocenters. The van der Waals surface area contributed by atoms with E-state index in [4.69, 9.17) is 11.6 Å². The highest BCUT2D eigenvalue weighted by Crippen LogP contribution is 2.21. The number of carbonyl (C=O) groups is 1. The number of rotatable bonds is 3. The van der Waals surface area contributed by atoms with Crippen molar-refractivity contribution in [1.82, 2.24) is 20.1 Å². The first-order chi connectivity index (χ1) is 8.90. The zero-order valence-electron chi connectivity index (χ0n) is 11.2. The zero-order valence-corrected chi connectivity index (χ0v) is 12.8. The molecule has 0 aliphatic rings. The third-order valence-electron chi connectivity index (χ3n) is 2.79. The van der Waals surface area contributed by atoms with E-state index >= 15 is 0 Å². The summed E-state index contributed by atoms with van der Waals surface area (Å²) in [5.74, 6) is -0.244. The van der Waals surface area contributed by atoms with Crippen LogP contribution in [0.15, 0.2) is 5.38 Å². The van der Waals surface area contributed by atoms with E-state index in [9.17, 15) is 4.79 Å². The van der Waals surface area contributed by atoms with Crippen molar-refractivity contribution in [2.45, 2.75) is 26.8 Å². The van der Waals surface area contributed by atoms with Gasteiger partial charge in [0.05, 0.1) is 27.5 Å². The number of aryl methyl sites for hydroxylation is 3. The summed E-state index contributed by atoms with van der Waals surface area (Å²) in [6.45, 7) is 5.60. The fourth-order valence-corrected chi connectivity index (χ4v) is 2.75. The molecule has 102 valence electrons. The molecular formula is C12H15ClN4OS. The Hall–Kier alpha value is -1.40. The van der Waals surface area contributed by atoms with Crippen molar-refractivity contribution in [3.8, 4) is 0 Å². The number of amides is 1. The van der Waals surface area contributed by atoms with E-state index in [-0.39, 0.29) is 11.9 Å². The first-order valence-electron chi connectivity index (χ1n) is 5.82. The smallest absolute Gasteiger partial charge is 0.271 e. The Bertz CT molecular complexity index is 619. The second-order valence-electron chi connectivity index (χ2n) is 4.36. The largest absolute Gasteiger partial charge is 0.343 e. The molecule has 0 radical (unpaired) electrons. The number of thiazole rings is 1. The van der Waals surface area contributed by atoms with Crippen molar-refractivity contribution < 1.29 is 4.79 Å². The quantitative estimate of drug-likeness (QED) is 0.947. The van der Waals surface area contributed by atoms with Crippen LogP contribution >= 0.6 is 22.9 Å². The minimum Gasteiger partial charge on any atom is -0.343 e. The molecule has 0 saturated carbocycles. The first-order valence-corrected chi connectivity index (χ1v) is 7.08. The summed E-state index contributed by atoms with van der Waals surface area (Å²) in [5.41, 5.74) is 1.87. The van der Waals surface area contributed by atoms with Crippen LogP contribution in [0.2, 0.25) is 5.02 Å². The van der Waals surface area contributed by atoms with Crippen molar-refractivity contribution in [3.63, 3.8) is 0 Å². The summed E-state index contributed by atoms with van der Waals surface area (Å²) < 4.78 is 1.49. The van der Waals surface area contributed by atoms with Gasteiger partial charge in [-0.05, 0) is 20.8 Å². The topological polar surface area (TPSA) is 59.8 Å².